The summed E-state index contributed by atoms with van der Waals surface area (Å²) in [5, 5.41) is 8.69. The van der Waals surface area contributed by atoms with Gasteiger partial charge in [-0.25, -0.2) is 0 Å². The first-order valence-electron chi connectivity index (χ1n) is 4.40. The number of nitriles is 1. The fourth-order valence-electron chi connectivity index (χ4n) is 1.34. The van der Waals surface area contributed by atoms with Crippen molar-refractivity contribution in [3.05, 3.63) is 0 Å². The summed E-state index contributed by atoms with van der Waals surface area (Å²) in [6.45, 7) is 2.53. The zero-order chi connectivity index (χ0) is 11.4. The normalized spacial score (nSPS) is 29.3. The van der Waals surface area contributed by atoms with Crippen LogP contribution in [0.25, 0.3) is 0 Å². The highest BCUT2D eigenvalue weighted by molar-refractivity contribution is 5.67. The molecular weight excluding hydrogens is 202 g/mol. The second-order valence-corrected chi connectivity index (χ2v) is 3.10. The standard InChI is InChI=1S/C9H11NO5/c1-5(11)14-8-4-13-7(3-10)9(8)15-6(2)12/h7-9H,4H2,1-2H3. The first-order chi connectivity index (χ1) is 7.04. The van der Waals surface area contributed by atoms with Gasteiger partial charge in [0, 0.05) is 13.8 Å². The van der Waals surface area contributed by atoms with Gasteiger partial charge in [-0.2, -0.15) is 5.26 Å². The molecule has 0 saturated carbocycles. The lowest BCUT2D eigenvalue weighted by Crippen LogP contribution is -2.36. The first kappa shape index (κ1) is 11.5. The average Bonchev–Trinajstić information content (AvgIpc) is 2.47. The number of nitrogens with zero attached hydrogens (tertiary/aromatic N) is 1. The summed E-state index contributed by atoms with van der Waals surface area (Å²) < 4.78 is 14.7. The van der Waals surface area contributed by atoms with Gasteiger partial charge < -0.3 is 14.2 Å². The van der Waals surface area contributed by atoms with E-state index in [0.717, 1.165) is 0 Å². The Morgan fingerprint density at radius 2 is 1.93 bits per heavy atom. The van der Waals surface area contributed by atoms with Gasteiger partial charge in [-0.15, -0.1) is 0 Å². The van der Waals surface area contributed by atoms with E-state index in [-0.39, 0.29) is 6.61 Å². The Bertz CT molecular complexity index is 308. The van der Waals surface area contributed by atoms with Crippen LogP contribution in [-0.4, -0.2) is 36.9 Å². The monoisotopic (exact) mass is 213 g/mol. The zero-order valence-corrected chi connectivity index (χ0v) is 8.43. The molecule has 3 atom stereocenters. The van der Waals surface area contributed by atoms with Gasteiger partial charge in [0.05, 0.1) is 12.7 Å². The summed E-state index contributed by atoms with van der Waals surface area (Å²) in [7, 11) is 0. The molecule has 0 spiro atoms. The molecular formula is C9H11NO5. The molecule has 1 rings (SSSR count). The Morgan fingerprint density at radius 3 is 2.40 bits per heavy atom. The van der Waals surface area contributed by atoms with Crippen LogP contribution in [0.2, 0.25) is 0 Å². The number of hydrogen-bond donors (Lipinski definition) is 0. The van der Waals surface area contributed by atoms with Gasteiger partial charge in [-0.1, -0.05) is 0 Å². The van der Waals surface area contributed by atoms with Crippen LogP contribution in [0.1, 0.15) is 13.8 Å². The highest BCUT2D eigenvalue weighted by atomic mass is 16.6. The molecule has 0 aliphatic carbocycles. The average molecular weight is 213 g/mol. The van der Waals surface area contributed by atoms with Crippen molar-refractivity contribution < 1.29 is 23.8 Å². The molecule has 0 amide bonds. The van der Waals surface area contributed by atoms with Crippen molar-refractivity contribution in [2.75, 3.05) is 6.61 Å². The van der Waals surface area contributed by atoms with Crippen LogP contribution in [0, 0.1) is 11.3 Å². The van der Waals surface area contributed by atoms with Crippen LogP contribution in [-0.2, 0) is 23.8 Å². The quantitative estimate of drug-likeness (QED) is 0.589. The maximum Gasteiger partial charge on any atom is 0.303 e. The molecule has 0 radical (unpaired) electrons. The predicted octanol–water partition coefficient (Wildman–Crippen LogP) is -0.228. The number of rotatable bonds is 2. The topological polar surface area (TPSA) is 85.6 Å². The molecule has 0 aromatic rings. The fourth-order valence-corrected chi connectivity index (χ4v) is 1.34. The molecule has 6 nitrogen and oxygen atoms in total. The number of esters is 2. The third-order valence-electron chi connectivity index (χ3n) is 1.85. The van der Waals surface area contributed by atoms with E-state index in [9.17, 15) is 9.59 Å². The first-order valence-corrected chi connectivity index (χ1v) is 4.40. The van der Waals surface area contributed by atoms with Crippen LogP contribution in [0.4, 0.5) is 0 Å². The molecule has 1 aliphatic heterocycles. The van der Waals surface area contributed by atoms with Gasteiger partial charge in [0.1, 0.15) is 0 Å². The summed E-state index contributed by atoms with van der Waals surface area (Å²) in [5.74, 6) is -1.04. The summed E-state index contributed by atoms with van der Waals surface area (Å²) in [6, 6.07) is 1.83. The van der Waals surface area contributed by atoms with Gasteiger partial charge >= 0.3 is 11.9 Å². The Kier molecular flexibility index (Phi) is 3.63. The highest BCUT2D eigenvalue weighted by Crippen LogP contribution is 2.20. The van der Waals surface area contributed by atoms with Crippen molar-refractivity contribution in [3.8, 4) is 6.07 Å². The number of hydrogen-bond acceptors (Lipinski definition) is 6. The molecule has 15 heavy (non-hydrogen) atoms. The molecule has 1 fully saturated rings. The molecule has 0 bridgehead atoms. The third kappa shape index (κ3) is 2.92. The Labute approximate surface area is 86.7 Å². The van der Waals surface area contributed by atoms with Gasteiger partial charge in [0.2, 0.25) is 0 Å². The molecule has 6 heteroatoms. The molecule has 1 aliphatic rings. The van der Waals surface area contributed by atoms with Crippen LogP contribution in [0.5, 0.6) is 0 Å². The molecule has 0 aromatic carbocycles. The summed E-state index contributed by atoms with van der Waals surface area (Å²) in [6.07, 6.45) is -2.41. The Hall–Kier alpha value is -1.61. The van der Waals surface area contributed by atoms with Crippen molar-refractivity contribution in [2.45, 2.75) is 32.2 Å². The molecule has 0 N–H and O–H groups in total. The second kappa shape index (κ2) is 4.75. The van der Waals surface area contributed by atoms with Crippen molar-refractivity contribution in [1.29, 1.82) is 5.26 Å². The molecule has 3 unspecified atom stereocenters. The van der Waals surface area contributed by atoms with Crippen LogP contribution in [0.15, 0.2) is 0 Å². The number of carbonyl (C=O) groups is 2. The van der Waals surface area contributed by atoms with Crippen LogP contribution < -0.4 is 0 Å². The lowest BCUT2D eigenvalue weighted by molar-refractivity contribution is -0.161. The molecule has 0 aromatic heterocycles. The lowest BCUT2D eigenvalue weighted by atomic mass is 10.1. The fraction of sp³-hybridized carbons (Fsp3) is 0.667. The predicted molar refractivity (Wildman–Crippen MR) is 46.5 cm³/mol. The van der Waals surface area contributed by atoms with E-state index in [1.165, 1.54) is 13.8 Å². The highest BCUT2D eigenvalue weighted by Gasteiger charge is 2.42. The van der Waals surface area contributed by atoms with Crippen molar-refractivity contribution >= 4 is 11.9 Å². The molecule has 1 heterocycles. The lowest BCUT2D eigenvalue weighted by Gasteiger charge is -2.18. The Morgan fingerprint density at radius 1 is 1.33 bits per heavy atom. The SMILES string of the molecule is CC(=O)OC1COC(C#N)C1OC(C)=O. The van der Waals surface area contributed by atoms with Crippen molar-refractivity contribution in [1.82, 2.24) is 0 Å². The third-order valence-corrected chi connectivity index (χ3v) is 1.85. The minimum absolute atomic E-state index is 0.0652. The summed E-state index contributed by atoms with van der Waals surface area (Å²) >= 11 is 0. The number of carbonyl (C=O) groups excluding carboxylic acids is 2. The maximum absolute atomic E-state index is 10.8. The Balaban J connectivity index is 2.67. The van der Waals surface area contributed by atoms with E-state index in [1.54, 1.807) is 0 Å². The van der Waals surface area contributed by atoms with Gasteiger partial charge in [0.25, 0.3) is 0 Å². The van der Waals surface area contributed by atoms with E-state index in [1.807, 2.05) is 6.07 Å². The molecule has 1 saturated heterocycles. The van der Waals surface area contributed by atoms with Gasteiger partial charge in [0.15, 0.2) is 18.3 Å². The van der Waals surface area contributed by atoms with E-state index >= 15 is 0 Å². The molecule has 82 valence electrons. The largest absolute Gasteiger partial charge is 0.456 e. The van der Waals surface area contributed by atoms with E-state index < -0.39 is 30.3 Å². The minimum Gasteiger partial charge on any atom is -0.456 e. The second-order valence-electron chi connectivity index (χ2n) is 3.10. The van der Waals surface area contributed by atoms with Crippen molar-refractivity contribution in [2.24, 2.45) is 0 Å². The smallest absolute Gasteiger partial charge is 0.303 e. The van der Waals surface area contributed by atoms with Crippen molar-refractivity contribution in [3.63, 3.8) is 0 Å². The van der Waals surface area contributed by atoms with E-state index in [2.05, 4.69) is 0 Å². The summed E-state index contributed by atoms with van der Waals surface area (Å²) in [4.78, 5) is 21.5. The van der Waals surface area contributed by atoms with E-state index in [0.29, 0.717) is 0 Å². The summed E-state index contributed by atoms with van der Waals surface area (Å²) in [5.41, 5.74) is 0. The van der Waals surface area contributed by atoms with Gasteiger partial charge in [-0.3, -0.25) is 9.59 Å². The number of ether oxygens (including phenoxy) is 3. The van der Waals surface area contributed by atoms with Crippen LogP contribution in [0.3, 0.4) is 0 Å². The maximum atomic E-state index is 10.8. The minimum atomic E-state index is -0.877. The van der Waals surface area contributed by atoms with Gasteiger partial charge in [-0.05, 0) is 0 Å². The van der Waals surface area contributed by atoms with E-state index in [4.69, 9.17) is 19.5 Å². The zero-order valence-electron chi connectivity index (χ0n) is 8.43. The van der Waals surface area contributed by atoms with Crippen LogP contribution >= 0.6 is 0 Å².